The maximum absolute atomic E-state index is 12.3. The van der Waals surface area contributed by atoms with Crippen molar-refractivity contribution in [1.29, 1.82) is 0 Å². The van der Waals surface area contributed by atoms with E-state index >= 15 is 0 Å². The lowest BCUT2D eigenvalue weighted by molar-refractivity contribution is -0.139. The van der Waals surface area contributed by atoms with Crippen LogP contribution in [0.25, 0.3) is 0 Å². The molecule has 1 aromatic heterocycles. The SMILES string of the molecule is CSCC[C@H](NC(=O)c1cc2c(s1)CCCCCC2)C(=O)O. The molecule has 0 aliphatic heterocycles. The fraction of sp³-hybridized carbons (Fsp3) is 0.625. The molecule has 2 rings (SSSR count). The molecule has 0 radical (unpaired) electrons. The molecule has 1 aromatic rings. The van der Waals surface area contributed by atoms with Gasteiger partial charge < -0.3 is 10.4 Å². The van der Waals surface area contributed by atoms with Crippen LogP contribution in [0.4, 0.5) is 0 Å². The fourth-order valence-corrected chi connectivity index (χ4v) is 4.31. The Bertz CT molecular complexity index is 502. The summed E-state index contributed by atoms with van der Waals surface area (Å²) in [5.74, 6) is -0.486. The van der Waals surface area contributed by atoms with Crippen LogP contribution in [0.5, 0.6) is 0 Å². The van der Waals surface area contributed by atoms with E-state index in [0.717, 1.165) is 18.6 Å². The molecular weight excluding hydrogens is 318 g/mol. The van der Waals surface area contributed by atoms with Gasteiger partial charge in [0.25, 0.3) is 5.91 Å². The summed E-state index contributed by atoms with van der Waals surface area (Å²) in [5, 5.41) is 11.9. The number of carbonyl (C=O) groups excluding carboxylic acids is 1. The molecule has 122 valence electrons. The molecule has 6 heteroatoms. The summed E-state index contributed by atoms with van der Waals surface area (Å²) in [6, 6.07) is 1.17. The van der Waals surface area contributed by atoms with E-state index in [4.69, 9.17) is 0 Å². The molecule has 0 unspecified atom stereocenters. The summed E-state index contributed by atoms with van der Waals surface area (Å²) in [4.78, 5) is 25.5. The van der Waals surface area contributed by atoms with Crippen molar-refractivity contribution in [3.8, 4) is 0 Å². The van der Waals surface area contributed by atoms with Crippen molar-refractivity contribution in [2.24, 2.45) is 0 Å². The lowest BCUT2D eigenvalue weighted by Gasteiger charge is -2.13. The Labute approximate surface area is 139 Å². The van der Waals surface area contributed by atoms with E-state index in [-0.39, 0.29) is 5.91 Å². The predicted molar refractivity (Wildman–Crippen MR) is 92.1 cm³/mol. The minimum absolute atomic E-state index is 0.245. The van der Waals surface area contributed by atoms with Crippen LogP contribution in [0.15, 0.2) is 6.07 Å². The van der Waals surface area contributed by atoms with Crippen LogP contribution >= 0.6 is 23.1 Å². The summed E-state index contributed by atoms with van der Waals surface area (Å²) in [6.45, 7) is 0. The molecule has 4 nitrogen and oxygen atoms in total. The lowest BCUT2D eigenvalue weighted by Crippen LogP contribution is -2.40. The first-order valence-corrected chi connectivity index (χ1v) is 9.97. The van der Waals surface area contributed by atoms with Crippen molar-refractivity contribution in [2.75, 3.05) is 12.0 Å². The van der Waals surface area contributed by atoms with E-state index < -0.39 is 12.0 Å². The molecule has 1 heterocycles. The van der Waals surface area contributed by atoms with Crippen molar-refractivity contribution in [1.82, 2.24) is 5.32 Å². The number of amides is 1. The van der Waals surface area contributed by atoms with E-state index in [0.29, 0.717) is 11.3 Å². The second kappa shape index (κ2) is 8.58. The van der Waals surface area contributed by atoms with Gasteiger partial charge in [-0.15, -0.1) is 11.3 Å². The number of aliphatic carboxylic acids is 1. The number of fused-ring (bicyclic) bond motifs is 1. The number of nitrogens with one attached hydrogen (secondary N) is 1. The number of thioether (sulfide) groups is 1. The first-order valence-electron chi connectivity index (χ1n) is 7.76. The molecule has 0 aromatic carbocycles. The van der Waals surface area contributed by atoms with Gasteiger partial charge in [-0.1, -0.05) is 12.8 Å². The highest BCUT2D eigenvalue weighted by atomic mass is 32.2. The third-order valence-corrected chi connectivity index (χ3v) is 5.81. The van der Waals surface area contributed by atoms with Crippen LogP contribution in [0.2, 0.25) is 0 Å². The molecule has 2 N–H and O–H groups in total. The molecule has 1 atom stereocenters. The first-order chi connectivity index (χ1) is 10.6. The molecule has 1 aliphatic carbocycles. The fourth-order valence-electron chi connectivity index (χ4n) is 2.68. The molecule has 1 amide bonds. The third kappa shape index (κ3) is 4.74. The molecular formula is C16H23NO3S2. The van der Waals surface area contributed by atoms with Crippen LogP contribution in [-0.2, 0) is 17.6 Å². The maximum atomic E-state index is 12.3. The Hall–Kier alpha value is -1.01. The minimum Gasteiger partial charge on any atom is -0.480 e. The topological polar surface area (TPSA) is 66.4 Å². The average Bonchev–Trinajstić information content (AvgIpc) is 2.85. The zero-order chi connectivity index (χ0) is 15.9. The first kappa shape index (κ1) is 17.3. The zero-order valence-electron chi connectivity index (χ0n) is 12.9. The Balaban J connectivity index is 2.05. The number of hydrogen-bond acceptors (Lipinski definition) is 4. The number of carboxylic acid groups (broad SMARTS) is 1. The zero-order valence-corrected chi connectivity index (χ0v) is 14.5. The van der Waals surface area contributed by atoms with Gasteiger partial charge in [0.2, 0.25) is 0 Å². The molecule has 0 spiro atoms. The number of carbonyl (C=O) groups is 2. The van der Waals surface area contributed by atoms with Crippen LogP contribution in [0, 0.1) is 0 Å². The number of aryl methyl sites for hydroxylation is 2. The number of rotatable bonds is 6. The van der Waals surface area contributed by atoms with Gasteiger partial charge in [0, 0.05) is 4.88 Å². The molecule has 0 bridgehead atoms. The van der Waals surface area contributed by atoms with Gasteiger partial charge in [0.1, 0.15) is 6.04 Å². The van der Waals surface area contributed by atoms with E-state index in [1.807, 2.05) is 12.3 Å². The second-order valence-corrected chi connectivity index (χ2v) is 7.74. The largest absolute Gasteiger partial charge is 0.480 e. The maximum Gasteiger partial charge on any atom is 0.326 e. The third-order valence-electron chi connectivity index (χ3n) is 3.93. The Morgan fingerprint density at radius 1 is 1.32 bits per heavy atom. The Morgan fingerprint density at radius 3 is 2.73 bits per heavy atom. The monoisotopic (exact) mass is 341 g/mol. The standard InChI is InChI=1S/C16H23NO3S2/c1-21-9-8-12(16(19)20)17-15(18)14-10-11-6-4-2-3-5-7-13(11)22-14/h10,12H,2-9H2,1H3,(H,17,18)(H,19,20)/t12-/m0/s1. The van der Waals surface area contributed by atoms with Crippen LogP contribution in [0.1, 0.15) is 52.2 Å². The highest BCUT2D eigenvalue weighted by molar-refractivity contribution is 7.98. The smallest absolute Gasteiger partial charge is 0.326 e. The number of carboxylic acids is 1. The normalized spacial score (nSPS) is 16.2. The Morgan fingerprint density at radius 2 is 2.05 bits per heavy atom. The van der Waals surface area contributed by atoms with Crippen molar-refractivity contribution in [3.63, 3.8) is 0 Å². The average molecular weight is 341 g/mol. The van der Waals surface area contributed by atoms with E-state index in [2.05, 4.69) is 5.32 Å². The van der Waals surface area contributed by atoms with Crippen LogP contribution in [-0.4, -0.2) is 35.0 Å². The van der Waals surface area contributed by atoms with E-state index in [9.17, 15) is 14.7 Å². The molecule has 0 saturated heterocycles. The molecule has 0 fully saturated rings. The summed E-state index contributed by atoms with van der Waals surface area (Å²) < 4.78 is 0. The Kier molecular flexibility index (Phi) is 6.76. The molecule has 1 aliphatic rings. The highest BCUT2D eigenvalue weighted by Crippen LogP contribution is 2.28. The van der Waals surface area contributed by atoms with Crippen LogP contribution in [0.3, 0.4) is 0 Å². The van der Waals surface area contributed by atoms with E-state index in [1.54, 1.807) is 11.8 Å². The predicted octanol–water partition coefficient (Wildman–Crippen LogP) is 3.34. The van der Waals surface area contributed by atoms with Gasteiger partial charge in [-0.25, -0.2) is 4.79 Å². The van der Waals surface area contributed by atoms with Gasteiger partial charge in [0.05, 0.1) is 4.88 Å². The summed E-state index contributed by atoms with van der Waals surface area (Å²) in [7, 11) is 0. The van der Waals surface area contributed by atoms with Crippen molar-refractivity contribution < 1.29 is 14.7 Å². The lowest BCUT2D eigenvalue weighted by atomic mass is 10.00. The van der Waals surface area contributed by atoms with Gasteiger partial charge in [0.15, 0.2) is 0 Å². The highest BCUT2D eigenvalue weighted by Gasteiger charge is 2.22. The summed E-state index contributed by atoms with van der Waals surface area (Å²) >= 11 is 3.12. The van der Waals surface area contributed by atoms with Gasteiger partial charge in [-0.05, 0) is 55.7 Å². The van der Waals surface area contributed by atoms with Crippen molar-refractivity contribution in [2.45, 2.75) is 51.0 Å². The quantitative estimate of drug-likeness (QED) is 0.833. The molecule has 22 heavy (non-hydrogen) atoms. The van der Waals surface area contributed by atoms with Crippen LogP contribution < -0.4 is 5.32 Å². The van der Waals surface area contributed by atoms with Gasteiger partial charge in [-0.3, -0.25) is 4.79 Å². The summed E-state index contributed by atoms with van der Waals surface area (Å²) in [6.07, 6.45) is 9.33. The number of hydrogen-bond donors (Lipinski definition) is 2. The van der Waals surface area contributed by atoms with Crippen molar-refractivity contribution >= 4 is 35.0 Å². The van der Waals surface area contributed by atoms with E-state index in [1.165, 1.54) is 47.5 Å². The second-order valence-electron chi connectivity index (χ2n) is 5.62. The summed E-state index contributed by atoms with van der Waals surface area (Å²) in [5.41, 5.74) is 1.28. The van der Waals surface area contributed by atoms with Crippen molar-refractivity contribution in [3.05, 3.63) is 21.4 Å². The minimum atomic E-state index is -0.961. The van der Waals surface area contributed by atoms with Gasteiger partial charge in [-0.2, -0.15) is 11.8 Å². The van der Waals surface area contributed by atoms with Gasteiger partial charge >= 0.3 is 5.97 Å². The number of thiophene rings is 1. The molecule has 0 saturated carbocycles.